The van der Waals surface area contributed by atoms with Crippen LogP contribution in [0.3, 0.4) is 0 Å². The van der Waals surface area contributed by atoms with Gasteiger partial charge in [-0.05, 0) is 49.5 Å². The number of urea groups is 1. The fourth-order valence-corrected chi connectivity index (χ4v) is 2.56. The van der Waals surface area contributed by atoms with E-state index in [9.17, 15) is 22.4 Å². The molecule has 2 N–H and O–H groups in total. The summed E-state index contributed by atoms with van der Waals surface area (Å²) in [6.45, 7) is 0.339. The fourth-order valence-electron chi connectivity index (χ4n) is 2.56. The number of nitrogens with zero attached hydrogens (tertiary/aromatic N) is 1. The Balaban J connectivity index is 1.87. The Morgan fingerprint density at radius 2 is 1.74 bits per heavy atom. The van der Waals surface area contributed by atoms with E-state index in [4.69, 9.17) is 0 Å². The van der Waals surface area contributed by atoms with Crippen molar-refractivity contribution in [3.63, 3.8) is 0 Å². The monoisotopic (exact) mass is 383 g/mol. The third-order valence-corrected chi connectivity index (χ3v) is 4.05. The molecule has 4 nitrogen and oxygen atoms in total. The molecule has 1 atom stereocenters. The highest BCUT2D eigenvalue weighted by molar-refractivity contribution is 5.73. The molecule has 146 valence electrons. The third kappa shape index (κ3) is 6.25. The van der Waals surface area contributed by atoms with Crippen LogP contribution in [0.15, 0.2) is 48.5 Å². The van der Waals surface area contributed by atoms with Crippen LogP contribution in [0.5, 0.6) is 0 Å². The van der Waals surface area contributed by atoms with E-state index in [0.29, 0.717) is 5.56 Å². The Morgan fingerprint density at radius 1 is 1.07 bits per heavy atom. The predicted octanol–water partition coefficient (Wildman–Crippen LogP) is 3.95. The summed E-state index contributed by atoms with van der Waals surface area (Å²) in [6.07, 6.45) is -4.39. The van der Waals surface area contributed by atoms with Crippen LogP contribution in [0.4, 0.5) is 22.4 Å². The van der Waals surface area contributed by atoms with Gasteiger partial charge in [0, 0.05) is 13.1 Å². The maximum atomic E-state index is 13.4. The second-order valence-corrected chi connectivity index (χ2v) is 6.29. The van der Waals surface area contributed by atoms with Gasteiger partial charge >= 0.3 is 12.2 Å². The van der Waals surface area contributed by atoms with Crippen molar-refractivity contribution >= 4 is 6.03 Å². The van der Waals surface area contributed by atoms with E-state index in [2.05, 4.69) is 10.6 Å². The molecule has 0 aliphatic heterocycles. The van der Waals surface area contributed by atoms with Gasteiger partial charge in [-0.3, -0.25) is 0 Å². The zero-order chi connectivity index (χ0) is 20.0. The molecule has 0 radical (unpaired) electrons. The van der Waals surface area contributed by atoms with Crippen LogP contribution >= 0.6 is 0 Å². The topological polar surface area (TPSA) is 44.4 Å². The number of benzene rings is 2. The predicted molar refractivity (Wildman–Crippen MR) is 94.5 cm³/mol. The van der Waals surface area contributed by atoms with Crippen molar-refractivity contribution in [3.8, 4) is 0 Å². The Hall–Kier alpha value is -2.61. The third-order valence-electron chi connectivity index (χ3n) is 4.05. The minimum atomic E-state index is -4.39. The molecule has 8 heteroatoms. The summed E-state index contributed by atoms with van der Waals surface area (Å²) in [5, 5.41) is 5.28. The number of amides is 2. The summed E-state index contributed by atoms with van der Waals surface area (Å²) in [6, 6.07) is 10.0. The van der Waals surface area contributed by atoms with Crippen molar-refractivity contribution < 1.29 is 22.4 Å². The van der Waals surface area contributed by atoms with Gasteiger partial charge in [0.05, 0.1) is 11.6 Å². The minimum absolute atomic E-state index is 0.0938. The number of carbonyl (C=O) groups is 1. The number of nitrogens with one attached hydrogen (secondary N) is 2. The maximum Gasteiger partial charge on any atom is 0.416 e. The van der Waals surface area contributed by atoms with Crippen LogP contribution in [0, 0.1) is 5.82 Å². The number of alkyl halides is 3. The first-order chi connectivity index (χ1) is 12.7. The summed E-state index contributed by atoms with van der Waals surface area (Å²) in [5.41, 5.74) is 0.537. The van der Waals surface area contributed by atoms with E-state index in [-0.39, 0.29) is 24.9 Å². The normalized spacial score (nSPS) is 12.7. The lowest BCUT2D eigenvalue weighted by molar-refractivity contribution is -0.137. The number of hydrogen-bond acceptors (Lipinski definition) is 2. The molecule has 0 aromatic heterocycles. The van der Waals surface area contributed by atoms with Crippen LogP contribution < -0.4 is 10.6 Å². The first kappa shape index (κ1) is 20.7. The molecule has 0 heterocycles. The molecule has 0 aliphatic rings. The number of hydrogen-bond donors (Lipinski definition) is 2. The smallest absolute Gasteiger partial charge is 0.336 e. The number of likely N-dealkylation sites (N-methyl/N-ethyl adjacent to an activating group) is 1. The highest BCUT2D eigenvalue weighted by Crippen LogP contribution is 2.29. The molecular weight excluding hydrogens is 362 g/mol. The minimum Gasteiger partial charge on any atom is -0.336 e. The van der Waals surface area contributed by atoms with E-state index in [1.165, 1.54) is 24.3 Å². The Kier molecular flexibility index (Phi) is 6.79. The van der Waals surface area contributed by atoms with Crippen molar-refractivity contribution in [2.24, 2.45) is 0 Å². The lowest BCUT2D eigenvalue weighted by Gasteiger charge is -2.25. The van der Waals surface area contributed by atoms with Gasteiger partial charge in [0.2, 0.25) is 0 Å². The summed E-state index contributed by atoms with van der Waals surface area (Å²) in [4.78, 5) is 13.8. The number of rotatable bonds is 6. The zero-order valence-electron chi connectivity index (χ0n) is 15.0. The Bertz CT molecular complexity index is 760. The molecule has 2 aromatic rings. The van der Waals surface area contributed by atoms with Crippen molar-refractivity contribution in [3.05, 3.63) is 71.0 Å². The van der Waals surface area contributed by atoms with Gasteiger partial charge in [0.25, 0.3) is 0 Å². The molecule has 0 bridgehead atoms. The van der Waals surface area contributed by atoms with Crippen LogP contribution in [-0.4, -0.2) is 31.6 Å². The molecule has 2 amide bonds. The average Bonchev–Trinajstić information content (AvgIpc) is 2.59. The molecule has 2 aromatic carbocycles. The largest absolute Gasteiger partial charge is 0.416 e. The zero-order valence-corrected chi connectivity index (χ0v) is 15.0. The summed E-state index contributed by atoms with van der Waals surface area (Å²) in [5.74, 6) is -0.355. The summed E-state index contributed by atoms with van der Waals surface area (Å²) >= 11 is 0. The second kappa shape index (κ2) is 8.85. The van der Waals surface area contributed by atoms with E-state index in [1.807, 2.05) is 19.0 Å². The highest BCUT2D eigenvalue weighted by atomic mass is 19.4. The van der Waals surface area contributed by atoms with Crippen molar-refractivity contribution in [2.45, 2.75) is 18.8 Å². The van der Waals surface area contributed by atoms with E-state index in [1.54, 1.807) is 12.1 Å². The lowest BCUT2D eigenvalue weighted by atomic mass is 10.1. The molecular formula is C19H21F4N3O. The Morgan fingerprint density at radius 3 is 2.30 bits per heavy atom. The van der Waals surface area contributed by atoms with Gasteiger partial charge in [-0.25, -0.2) is 9.18 Å². The van der Waals surface area contributed by atoms with E-state index in [0.717, 1.165) is 17.7 Å². The van der Waals surface area contributed by atoms with Crippen LogP contribution in [0.2, 0.25) is 0 Å². The molecule has 0 saturated heterocycles. The van der Waals surface area contributed by atoms with Crippen molar-refractivity contribution in [1.82, 2.24) is 15.5 Å². The maximum absolute atomic E-state index is 13.4. The molecule has 27 heavy (non-hydrogen) atoms. The molecule has 0 saturated carbocycles. The molecule has 0 spiro atoms. The highest BCUT2D eigenvalue weighted by Gasteiger charge is 2.29. The van der Waals surface area contributed by atoms with Gasteiger partial charge < -0.3 is 15.5 Å². The van der Waals surface area contributed by atoms with Gasteiger partial charge in [-0.1, -0.05) is 24.3 Å². The van der Waals surface area contributed by atoms with Crippen molar-refractivity contribution in [2.75, 3.05) is 20.6 Å². The summed E-state index contributed by atoms with van der Waals surface area (Å²) in [7, 11) is 3.63. The van der Waals surface area contributed by atoms with Gasteiger partial charge in [0.1, 0.15) is 5.82 Å². The van der Waals surface area contributed by atoms with Gasteiger partial charge in [0.15, 0.2) is 0 Å². The molecule has 0 fully saturated rings. The number of halogens is 4. The van der Waals surface area contributed by atoms with E-state index >= 15 is 0 Å². The average molecular weight is 383 g/mol. The standard InChI is InChI=1S/C19H21F4N3O/c1-26(2)17(14-4-3-5-16(20)10-14)12-25-18(27)24-11-13-6-8-15(9-7-13)19(21,22)23/h3-10,17H,11-12H2,1-2H3,(H2,24,25,27). The van der Waals surface area contributed by atoms with Gasteiger partial charge in [-0.2, -0.15) is 13.2 Å². The Labute approximate surface area is 155 Å². The van der Waals surface area contributed by atoms with Crippen molar-refractivity contribution in [1.29, 1.82) is 0 Å². The first-order valence-electron chi connectivity index (χ1n) is 8.26. The SMILES string of the molecule is CN(C)C(CNC(=O)NCc1ccc(C(F)(F)F)cc1)c1cccc(F)c1. The van der Waals surface area contributed by atoms with Gasteiger partial charge in [-0.15, -0.1) is 0 Å². The first-order valence-corrected chi connectivity index (χ1v) is 8.26. The molecule has 0 aliphatic carbocycles. The van der Waals surface area contributed by atoms with Crippen LogP contribution in [-0.2, 0) is 12.7 Å². The number of carbonyl (C=O) groups excluding carboxylic acids is 1. The fraction of sp³-hybridized carbons (Fsp3) is 0.316. The molecule has 2 rings (SSSR count). The van der Waals surface area contributed by atoms with E-state index < -0.39 is 17.8 Å². The van der Waals surface area contributed by atoms with Crippen LogP contribution in [0.25, 0.3) is 0 Å². The lowest BCUT2D eigenvalue weighted by Crippen LogP contribution is -2.40. The van der Waals surface area contributed by atoms with Crippen LogP contribution in [0.1, 0.15) is 22.7 Å². The quantitative estimate of drug-likeness (QED) is 0.742. The molecule has 1 unspecified atom stereocenters. The second-order valence-electron chi connectivity index (χ2n) is 6.29. The summed E-state index contributed by atoms with van der Waals surface area (Å²) < 4.78 is 51.0.